The first-order valence-electron chi connectivity index (χ1n) is 3.82. The fraction of sp³-hybridized carbons (Fsp3) is 0.857. The van der Waals surface area contributed by atoms with Crippen molar-refractivity contribution in [2.45, 2.75) is 19.1 Å². The molecule has 0 saturated carbocycles. The van der Waals surface area contributed by atoms with Crippen molar-refractivity contribution in [2.24, 2.45) is 0 Å². The van der Waals surface area contributed by atoms with Crippen LogP contribution in [-0.2, 0) is 14.2 Å². The molecule has 1 N–H and O–H groups in total. The van der Waals surface area contributed by atoms with Gasteiger partial charge in [0.2, 0.25) is 0 Å². The van der Waals surface area contributed by atoms with Crippen LogP contribution in [0, 0.1) is 0 Å². The number of hydrogen-bond acceptors (Lipinski definition) is 5. The first-order chi connectivity index (χ1) is 6.15. The minimum absolute atomic E-state index is 0.0416. The number of aliphatic hydroxyl groups is 1. The van der Waals surface area contributed by atoms with Crippen LogP contribution in [0.1, 0.15) is 6.92 Å². The van der Waals surface area contributed by atoms with Gasteiger partial charge in [-0.3, -0.25) is 0 Å². The van der Waals surface area contributed by atoms with Crippen LogP contribution < -0.4 is 0 Å². The minimum atomic E-state index is -0.813. The molecule has 0 aromatic carbocycles. The van der Waals surface area contributed by atoms with E-state index in [1.165, 1.54) is 7.11 Å². The smallest absolute Gasteiger partial charge is 0.438 e. The predicted octanol–water partition coefficient (Wildman–Crippen LogP) is -0.339. The normalized spacial score (nSPS) is 14.7. The molecule has 13 heavy (non-hydrogen) atoms. The van der Waals surface area contributed by atoms with Gasteiger partial charge in [-0.15, -0.1) is 0 Å². The lowest BCUT2D eigenvalue weighted by atomic mass is 10.2. The van der Waals surface area contributed by atoms with E-state index in [4.69, 9.17) is 22.4 Å². The van der Waals surface area contributed by atoms with E-state index in [0.717, 1.165) is 0 Å². The summed E-state index contributed by atoms with van der Waals surface area (Å²) in [6.45, 7) is 1.27. The Hall–Kier alpha value is -0.745. The van der Waals surface area contributed by atoms with Crippen molar-refractivity contribution in [3.8, 4) is 0 Å². The first kappa shape index (κ1) is 12.3. The van der Waals surface area contributed by atoms with Crippen molar-refractivity contribution in [2.75, 3.05) is 20.2 Å². The average molecular weight is 188 g/mol. The van der Waals surface area contributed by atoms with Gasteiger partial charge < -0.3 is 19.3 Å². The molecule has 0 rings (SSSR count). The van der Waals surface area contributed by atoms with E-state index < -0.39 is 18.4 Å². The van der Waals surface area contributed by atoms with Crippen molar-refractivity contribution in [1.29, 1.82) is 0 Å². The molecule has 0 saturated heterocycles. The van der Waals surface area contributed by atoms with Gasteiger partial charge in [0, 0.05) is 6.51 Å². The number of carbonyl (C=O) groups excluding carboxylic acids is 1. The highest BCUT2D eigenvalue weighted by atomic mass is 16.7. The molecule has 0 aliphatic rings. The Labute approximate surface area is 78.4 Å². The third-order valence-electron chi connectivity index (χ3n) is 1.46. The summed E-state index contributed by atoms with van der Waals surface area (Å²) < 4.78 is 13.9. The van der Waals surface area contributed by atoms with Crippen LogP contribution >= 0.6 is 0 Å². The summed E-state index contributed by atoms with van der Waals surface area (Å²) in [5.41, 5.74) is 0. The van der Waals surface area contributed by atoms with Crippen LogP contribution in [-0.4, -0.2) is 51.5 Å². The second kappa shape index (κ2) is 6.74. The standard InChI is InChI=1S/C7H13BO5/c1-5(13-7(10)11-2)6(3-9)12-4-8/h5-6,9H,3-4H2,1-2H3/t5-,6-/m1/s1. The Kier molecular flexibility index (Phi) is 6.35. The molecule has 0 aromatic rings. The van der Waals surface area contributed by atoms with E-state index in [2.05, 4.69) is 4.74 Å². The monoisotopic (exact) mass is 188 g/mol. The molecule has 74 valence electrons. The highest BCUT2D eigenvalue weighted by Gasteiger charge is 2.20. The minimum Gasteiger partial charge on any atom is -0.438 e. The zero-order valence-electron chi connectivity index (χ0n) is 7.73. The van der Waals surface area contributed by atoms with Crippen LogP contribution in [0.2, 0.25) is 0 Å². The van der Waals surface area contributed by atoms with Crippen molar-refractivity contribution < 1.29 is 24.1 Å². The average Bonchev–Trinajstić information content (AvgIpc) is 2.13. The Balaban J connectivity index is 3.89. The van der Waals surface area contributed by atoms with E-state index in [0.29, 0.717) is 0 Å². The van der Waals surface area contributed by atoms with Crippen molar-refractivity contribution in [3.05, 3.63) is 0 Å². The number of ether oxygens (including phenoxy) is 3. The number of methoxy groups -OCH3 is 1. The van der Waals surface area contributed by atoms with Gasteiger partial charge in [0.25, 0.3) is 0 Å². The van der Waals surface area contributed by atoms with E-state index in [1.54, 1.807) is 6.92 Å². The molecule has 5 nitrogen and oxygen atoms in total. The molecule has 0 bridgehead atoms. The third-order valence-corrected chi connectivity index (χ3v) is 1.46. The second-order valence-corrected chi connectivity index (χ2v) is 2.33. The lowest BCUT2D eigenvalue weighted by molar-refractivity contribution is -0.0606. The lowest BCUT2D eigenvalue weighted by Crippen LogP contribution is -2.34. The summed E-state index contributed by atoms with van der Waals surface area (Å²) in [6, 6.07) is 0. The molecule has 0 aromatic heterocycles. The van der Waals surface area contributed by atoms with E-state index in [1.807, 2.05) is 0 Å². The summed E-state index contributed by atoms with van der Waals surface area (Å²) in [5.74, 6) is 0. The van der Waals surface area contributed by atoms with E-state index >= 15 is 0 Å². The lowest BCUT2D eigenvalue weighted by Gasteiger charge is -2.21. The molecule has 0 amide bonds. The summed E-state index contributed by atoms with van der Waals surface area (Å²) in [4.78, 5) is 10.6. The zero-order valence-corrected chi connectivity index (χ0v) is 7.73. The van der Waals surface area contributed by atoms with Crippen LogP contribution in [0.5, 0.6) is 0 Å². The number of aliphatic hydroxyl groups excluding tert-OH is 1. The topological polar surface area (TPSA) is 65.0 Å². The van der Waals surface area contributed by atoms with Gasteiger partial charge in [-0.25, -0.2) is 4.79 Å². The molecule has 0 aliphatic carbocycles. The number of carbonyl (C=O) groups is 1. The Bertz CT molecular complexity index is 152. The quantitative estimate of drug-likeness (QED) is 0.472. The summed E-state index contributed by atoms with van der Waals surface area (Å²) in [5, 5.41) is 8.80. The van der Waals surface area contributed by atoms with Gasteiger partial charge in [0.15, 0.2) is 0 Å². The van der Waals surface area contributed by atoms with Crippen molar-refractivity contribution in [1.82, 2.24) is 0 Å². The molecule has 0 heterocycles. The second-order valence-electron chi connectivity index (χ2n) is 2.33. The maximum absolute atomic E-state index is 10.6. The summed E-state index contributed by atoms with van der Waals surface area (Å²) in [7, 11) is 6.30. The molecule has 0 fully saturated rings. The fourth-order valence-corrected chi connectivity index (χ4v) is 0.736. The van der Waals surface area contributed by atoms with Crippen LogP contribution in [0.15, 0.2) is 0 Å². The Morgan fingerprint density at radius 2 is 2.23 bits per heavy atom. The molecule has 2 radical (unpaired) electrons. The van der Waals surface area contributed by atoms with E-state index in [9.17, 15) is 4.79 Å². The largest absolute Gasteiger partial charge is 0.508 e. The van der Waals surface area contributed by atoms with E-state index in [-0.39, 0.29) is 13.1 Å². The van der Waals surface area contributed by atoms with Gasteiger partial charge in [-0.2, -0.15) is 0 Å². The van der Waals surface area contributed by atoms with Gasteiger partial charge in [-0.05, 0) is 6.92 Å². The van der Waals surface area contributed by atoms with Crippen molar-refractivity contribution >= 4 is 14.0 Å². The van der Waals surface area contributed by atoms with Crippen molar-refractivity contribution in [3.63, 3.8) is 0 Å². The SMILES string of the molecule is [B]CO[C@H](CO)[C@@H](C)OC(=O)OC. The molecule has 0 aliphatic heterocycles. The summed E-state index contributed by atoms with van der Waals surface area (Å²) in [6.07, 6.45) is -2.03. The number of hydrogen-bond donors (Lipinski definition) is 1. The highest BCUT2D eigenvalue weighted by molar-refractivity contribution is 6.08. The Morgan fingerprint density at radius 3 is 2.62 bits per heavy atom. The number of rotatable bonds is 5. The maximum Gasteiger partial charge on any atom is 0.508 e. The van der Waals surface area contributed by atoms with Crippen LogP contribution in [0.3, 0.4) is 0 Å². The molecule has 2 atom stereocenters. The molecule has 0 spiro atoms. The van der Waals surface area contributed by atoms with Gasteiger partial charge in [0.1, 0.15) is 20.1 Å². The molecule has 0 unspecified atom stereocenters. The fourth-order valence-electron chi connectivity index (χ4n) is 0.736. The zero-order chi connectivity index (χ0) is 10.3. The highest BCUT2D eigenvalue weighted by Crippen LogP contribution is 2.03. The molecular formula is C7H13BO5. The molecular weight excluding hydrogens is 175 g/mol. The van der Waals surface area contributed by atoms with Gasteiger partial charge >= 0.3 is 6.16 Å². The first-order valence-corrected chi connectivity index (χ1v) is 3.82. The summed E-state index contributed by atoms with van der Waals surface area (Å²) >= 11 is 0. The van der Waals surface area contributed by atoms with Gasteiger partial charge in [-0.1, -0.05) is 0 Å². The van der Waals surface area contributed by atoms with Gasteiger partial charge in [0.05, 0.1) is 13.7 Å². The predicted molar refractivity (Wildman–Crippen MR) is 45.5 cm³/mol. The third kappa shape index (κ3) is 4.74. The molecule has 6 heteroatoms. The maximum atomic E-state index is 10.6. The Morgan fingerprint density at radius 1 is 1.62 bits per heavy atom. The van der Waals surface area contributed by atoms with Crippen LogP contribution in [0.4, 0.5) is 4.79 Å². The van der Waals surface area contributed by atoms with Crippen LogP contribution in [0.25, 0.3) is 0 Å².